The first kappa shape index (κ1) is 14.0. The molecule has 0 heterocycles. The molecular weight excluding hydrogens is 148 g/mol. The van der Waals surface area contributed by atoms with Gasteiger partial charge >= 0.3 is 23.1 Å². The van der Waals surface area contributed by atoms with Crippen LogP contribution in [0.2, 0.25) is 0 Å². The van der Waals surface area contributed by atoms with Gasteiger partial charge in [0.1, 0.15) is 6.29 Å². The maximum absolute atomic E-state index is 9.89. The summed E-state index contributed by atoms with van der Waals surface area (Å²) in [6.45, 7) is 2.21. The van der Waals surface area contributed by atoms with Crippen molar-refractivity contribution in [3.05, 3.63) is 0 Å². The Balaban J connectivity index is -0.000000135. The monoisotopic (exact) mass is 168 g/mol. The van der Waals surface area contributed by atoms with Gasteiger partial charge in [-0.25, -0.2) is 0 Å². The number of hydrogen-bond acceptors (Lipinski definition) is 1. The predicted molar refractivity (Wildman–Crippen MR) is 52.0 cm³/mol. The first-order valence-electron chi connectivity index (χ1n) is 4.35. The average molecular weight is 169 g/mol. The second-order valence-electron chi connectivity index (χ2n) is 2.72. The van der Waals surface area contributed by atoms with Crippen LogP contribution in [0.4, 0.5) is 0 Å². The number of carbonyl (C=O) groups excluding carboxylic acids is 1. The molecular formula is C9H20MgO. The Morgan fingerprint density at radius 1 is 1.09 bits per heavy atom. The second kappa shape index (κ2) is 13.1. The summed E-state index contributed by atoms with van der Waals surface area (Å²) >= 11 is 0. The summed E-state index contributed by atoms with van der Waals surface area (Å²) in [5.74, 6) is 0. The maximum Gasteiger partial charge on any atom is 2.00 e. The molecule has 0 saturated carbocycles. The van der Waals surface area contributed by atoms with Gasteiger partial charge in [-0.3, -0.25) is 0 Å². The van der Waals surface area contributed by atoms with E-state index in [-0.39, 0.29) is 25.9 Å². The predicted octanol–water partition coefficient (Wildman–Crippen LogP) is 2.78. The molecule has 0 amide bonds. The molecule has 2 heteroatoms. The number of carbonyl (C=O) groups is 1. The van der Waals surface area contributed by atoms with Crippen LogP contribution < -0.4 is 0 Å². The van der Waals surface area contributed by atoms with Gasteiger partial charge in [0.25, 0.3) is 0 Å². The normalized spacial score (nSPS) is 8.82. The summed E-state index contributed by atoms with van der Waals surface area (Å²) in [6.07, 6.45) is 9.39. The fourth-order valence-electron chi connectivity index (χ4n) is 1.01. The Hall–Kier alpha value is 0.436. The van der Waals surface area contributed by atoms with Gasteiger partial charge in [0.05, 0.1) is 0 Å². The maximum atomic E-state index is 9.89. The summed E-state index contributed by atoms with van der Waals surface area (Å²) in [5, 5.41) is 0. The molecule has 0 atom stereocenters. The van der Waals surface area contributed by atoms with Crippen molar-refractivity contribution in [3.8, 4) is 0 Å². The van der Waals surface area contributed by atoms with Crippen molar-refractivity contribution < 1.29 is 7.65 Å². The van der Waals surface area contributed by atoms with E-state index in [1.165, 1.54) is 32.1 Å². The molecule has 0 aromatic heterocycles. The zero-order chi connectivity index (χ0) is 7.66. The SMILES string of the molecule is CCCCCCCCC=O.[H-].[H-].[Mg+2]. The molecule has 0 unspecified atom stereocenters. The van der Waals surface area contributed by atoms with Crippen LogP contribution in [-0.4, -0.2) is 29.3 Å². The van der Waals surface area contributed by atoms with E-state index >= 15 is 0 Å². The van der Waals surface area contributed by atoms with E-state index in [9.17, 15) is 4.79 Å². The molecule has 0 aliphatic heterocycles. The van der Waals surface area contributed by atoms with Gasteiger partial charge in [0.2, 0.25) is 0 Å². The van der Waals surface area contributed by atoms with Crippen molar-refractivity contribution >= 4 is 29.3 Å². The molecule has 0 aromatic rings. The summed E-state index contributed by atoms with van der Waals surface area (Å²) in [4.78, 5) is 9.89. The van der Waals surface area contributed by atoms with Gasteiger partial charge in [-0.15, -0.1) is 0 Å². The zero-order valence-corrected chi connectivity index (χ0v) is 9.06. The van der Waals surface area contributed by atoms with Crippen LogP contribution >= 0.6 is 0 Å². The third kappa shape index (κ3) is 13.4. The molecule has 0 radical (unpaired) electrons. The van der Waals surface area contributed by atoms with Gasteiger partial charge in [-0.05, 0) is 6.42 Å². The van der Waals surface area contributed by atoms with Crippen molar-refractivity contribution in [2.45, 2.75) is 51.9 Å². The topological polar surface area (TPSA) is 17.1 Å². The van der Waals surface area contributed by atoms with Gasteiger partial charge in [0.15, 0.2) is 0 Å². The molecule has 11 heavy (non-hydrogen) atoms. The Labute approximate surface area is 89.1 Å². The first-order chi connectivity index (χ1) is 4.91. The van der Waals surface area contributed by atoms with Crippen molar-refractivity contribution in [1.82, 2.24) is 0 Å². The van der Waals surface area contributed by atoms with Gasteiger partial charge in [-0.1, -0.05) is 39.0 Å². The van der Waals surface area contributed by atoms with Crippen molar-refractivity contribution in [1.29, 1.82) is 0 Å². The van der Waals surface area contributed by atoms with Crippen LogP contribution in [0.15, 0.2) is 0 Å². The van der Waals surface area contributed by atoms with Gasteiger partial charge in [-0.2, -0.15) is 0 Å². The minimum absolute atomic E-state index is 0. The Kier molecular flexibility index (Phi) is 16.6. The minimum atomic E-state index is 0. The molecule has 1 nitrogen and oxygen atoms in total. The van der Waals surface area contributed by atoms with E-state index in [0.717, 1.165) is 19.1 Å². The number of hydrogen-bond donors (Lipinski definition) is 0. The third-order valence-corrected chi connectivity index (χ3v) is 1.68. The summed E-state index contributed by atoms with van der Waals surface area (Å²) in [6, 6.07) is 0. The van der Waals surface area contributed by atoms with Crippen molar-refractivity contribution in [3.63, 3.8) is 0 Å². The number of unbranched alkanes of at least 4 members (excludes halogenated alkanes) is 6. The summed E-state index contributed by atoms with van der Waals surface area (Å²) in [7, 11) is 0. The standard InChI is InChI=1S/C9H18O.Mg.2H/c1-2-3-4-5-6-7-8-9-10;;;/h9H,2-8H2,1H3;;;/q;+2;2*-1. The van der Waals surface area contributed by atoms with Crippen LogP contribution in [0.5, 0.6) is 0 Å². The van der Waals surface area contributed by atoms with Crippen LogP contribution in [-0.2, 0) is 4.79 Å². The molecule has 0 aliphatic carbocycles. The summed E-state index contributed by atoms with van der Waals surface area (Å²) in [5.41, 5.74) is 0. The smallest absolute Gasteiger partial charge is 1.00 e. The quantitative estimate of drug-likeness (QED) is 0.325. The molecule has 0 spiro atoms. The van der Waals surface area contributed by atoms with E-state index < -0.39 is 0 Å². The Bertz CT molecular complexity index is 82.0. The molecule has 64 valence electrons. The molecule has 0 bridgehead atoms. The van der Waals surface area contributed by atoms with Crippen molar-refractivity contribution in [2.75, 3.05) is 0 Å². The van der Waals surface area contributed by atoms with Crippen LogP contribution in [0.1, 0.15) is 54.7 Å². The fraction of sp³-hybridized carbons (Fsp3) is 0.889. The number of rotatable bonds is 7. The van der Waals surface area contributed by atoms with E-state index in [0.29, 0.717) is 0 Å². The molecule has 0 aromatic carbocycles. The van der Waals surface area contributed by atoms with Crippen molar-refractivity contribution in [2.24, 2.45) is 0 Å². The van der Waals surface area contributed by atoms with Crippen LogP contribution in [0.25, 0.3) is 0 Å². The third-order valence-electron chi connectivity index (χ3n) is 1.68. The van der Waals surface area contributed by atoms with E-state index in [4.69, 9.17) is 0 Å². The molecule has 0 N–H and O–H groups in total. The first-order valence-corrected chi connectivity index (χ1v) is 4.35. The van der Waals surface area contributed by atoms with E-state index in [1.807, 2.05) is 0 Å². The van der Waals surface area contributed by atoms with Crippen LogP contribution in [0.3, 0.4) is 0 Å². The zero-order valence-electron chi connectivity index (χ0n) is 9.64. The van der Waals surface area contributed by atoms with Gasteiger partial charge in [0, 0.05) is 6.42 Å². The molecule has 0 fully saturated rings. The Morgan fingerprint density at radius 2 is 1.64 bits per heavy atom. The minimum Gasteiger partial charge on any atom is -1.00 e. The summed E-state index contributed by atoms with van der Waals surface area (Å²) < 4.78 is 0. The van der Waals surface area contributed by atoms with Gasteiger partial charge < -0.3 is 7.65 Å². The molecule has 0 aliphatic rings. The Morgan fingerprint density at radius 3 is 2.18 bits per heavy atom. The second-order valence-corrected chi connectivity index (χ2v) is 2.72. The van der Waals surface area contributed by atoms with Crippen LogP contribution in [0, 0.1) is 0 Å². The largest absolute Gasteiger partial charge is 2.00 e. The number of aldehydes is 1. The molecule has 0 saturated heterocycles. The molecule has 0 rings (SSSR count). The fourth-order valence-corrected chi connectivity index (χ4v) is 1.01. The van der Waals surface area contributed by atoms with E-state index in [2.05, 4.69) is 6.92 Å². The van der Waals surface area contributed by atoms with E-state index in [1.54, 1.807) is 0 Å². The average Bonchev–Trinajstić information content (AvgIpc) is 1.97.